The SMILES string of the molecule is Cl.NC(=O)NC(CC(=O)N[C@H]1CCCNC1)c1cccs1. The van der Waals surface area contributed by atoms with E-state index in [0.717, 1.165) is 30.8 Å². The molecular weight excluding hydrogens is 312 g/mol. The number of hydrogen-bond acceptors (Lipinski definition) is 4. The second-order valence-electron chi connectivity index (χ2n) is 4.89. The van der Waals surface area contributed by atoms with Crippen molar-refractivity contribution in [3.05, 3.63) is 22.4 Å². The summed E-state index contributed by atoms with van der Waals surface area (Å²) in [6, 6.07) is 2.98. The quantitative estimate of drug-likeness (QED) is 0.651. The van der Waals surface area contributed by atoms with Crippen molar-refractivity contribution in [3.8, 4) is 0 Å². The predicted molar refractivity (Wildman–Crippen MR) is 85.7 cm³/mol. The third-order valence-electron chi connectivity index (χ3n) is 3.25. The lowest BCUT2D eigenvalue weighted by Gasteiger charge is -2.25. The van der Waals surface area contributed by atoms with Crippen LogP contribution in [0.1, 0.15) is 30.2 Å². The number of primary amides is 1. The average Bonchev–Trinajstić information content (AvgIpc) is 2.92. The number of urea groups is 1. The second-order valence-corrected chi connectivity index (χ2v) is 5.87. The number of rotatable bonds is 5. The Kier molecular flexibility index (Phi) is 7.49. The topological polar surface area (TPSA) is 96.2 Å². The number of nitrogens with one attached hydrogen (secondary N) is 3. The van der Waals surface area contributed by atoms with Crippen molar-refractivity contribution in [2.45, 2.75) is 31.3 Å². The molecule has 5 N–H and O–H groups in total. The first-order chi connectivity index (χ1) is 9.65. The van der Waals surface area contributed by atoms with E-state index in [9.17, 15) is 9.59 Å². The van der Waals surface area contributed by atoms with Gasteiger partial charge in [0.05, 0.1) is 12.5 Å². The molecule has 1 unspecified atom stereocenters. The number of carbonyl (C=O) groups excluding carboxylic acids is 2. The standard InChI is InChI=1S/C13H20N4O2S.ClH/c14-13(19)17-10(11-4-2-6-20-11)7-12(18)16-9-3-1-5-15-8-9;/h2,4,6,9-10,15H,1,3,5,7-8H2,(H,16,18)(H3,14,17,19);1H/t9-,10?;/m0./s1. The van der Waals surface area contributed by atoms with Gasteiger partial charge in [-0.2, -0.15) is 0 Å². The summed E-state index contributed by atoms with van der Waals surface area (Å²) >= 11 is 1.50. The molecule has 0 aromatic carbocycles. The molecule has 0 spiro atoms. The van der Waals surface area contributed by atoms with Gasteiger partial charge < -0.3 is 21.7 Å². The molecule has 1 aliphatic rings. The lowest BCUT2D eigenvalue weighted by atomic mass is 10.1. The van der Waals surface area contributed by atoms with Gasteiger partial charge in [0.2, 0.25) is 5.91 Å². The van der Waals surface area contributed by atoms with E-state index in [4.69, 9.17) is 5.73 Å². The van der Waals surface area contributed by atoms with Gasteiger partial charge in [0.25, 0.3) is 0 Å². The lowest BCUT2D eigenvalue weighted by molar-refractivity contribution is -0.122. The Morgan fingerprint density at radius 3 is 2.90 bits per heavy atom. The molecule has 2 heterocycles. The van der Waals surface area contributed by atoms with Gasteiger partial charge in [-0.15, -0.1) is 23.7 Å². The Morgan fingerprint density at radius 1 is 1.52 bits per heavy atom. The van der Waals surface area contributed by atoms with Crippen LogP contribution >= 0.6 is 23.7 Å². The smallest absolute Gasteiger partial charge is 0.312 e. The zero-order valence-electron chi connectivity index (χ0n) is 11.6. The molecule has 1 aliphatic heterocycles. The van der Waals surface area contributed by atoms with Crippen molar-refractivity contribution >= 4 is 35.7 Å². The van der Waals surface area contributed by atoms with E-state index in [1.54, 1.807) is 0 Å². The number of thiophene rings is 1. The van der Waals surface area contributed by atoms with E-state index in [2.05, 4.69) is 16.0 Å². The number of halogens is 1. The summed E-state index contributed by atoms with van der Waals surface area (Å²) in [6.45, 7) is 1.81. The van der Waals surface area contributed by atoms with E-state index < -0.39 is 6.03 Å². The zero-order chi connectivity index (χ0) is 14.4. The first-order valence-electron chi connectivity index (χ1n) is 6.74. The van der Waals surface area contributed by atoms with Crippen LogP contribution in [0.15, 0.2) is 17.5 Å². The molecule has 1 aromatic rings. The van der Waals surface area contributed by atoms with Crippen molar-refractivity contribution in [2.24, 2.45) is 5.73 Å². The van der Waals surface area contributed by atoms with Crippen molar-refractivity contribution in [1.29, 1.82) is 0 Å². The minimum Gasteiger partial charge on any atom is -0.352 e. The Hall–Kier alpha value is -1.31. The molecule has 0 bridgehead atoms. The Bertz CT molecular complexity index is 449. The molecule has 2 rings (SSSR count). The maximum Gasteiger partial charge on any atom is 0.312 e. The molecule has 1 aromatic heterocycles. The summed E-state index contributed by atoms with van der Waals surface area (Å²) in [6.07, 6.45) is 2.27. The summed E-state index contributed by atoms with van der Waals surface area (Å²) in [5.74, 6) is -0.0640. The molecule has 0 aliphatic carbocycles. The second kappa shape index (κ2) is 8.86. The molecular formula is C13H21ClN4O2S. The normalized spacial score (nSPS) is 19.1. The number of amides is 3. The van der Waals surface area contributed by atoms with Gasteiger partial charge >= 0.3 is 6.03 Å². The van der Waals surface area contributed by atoms with Crippen LogP contribution in [0.4, 0.5) is 4.79 Å². The van der Waals surface area contributed by atoms with Crippen LogP contribution < -0.4 is 21.7 Å². The maximum absolute atomic E-state index is 12.1. The Morgan fingerprint density at radius 2 is 2.33 bits per heavy atom. The first kappa shape index (κ1) is 17.7. The van der Waals surface area contributed by atoms with Gasteiger partial charge in [-0.1, -0.05) is 6.07 Å². The Labute approximate surface area is 134 Å². The molecule has 0 radical (unpaired) electrons. The summed E-state index contributed by atoms with van der Waals surface area (Å²) in [4.78, 5) is 24.1. The minimum absolute atomic E-state index is 0. The van der Waals surface area contributed by atoms with Crippen LogP contribution in [0.3, 0.4) is 0 Å². The fraction of sp³-hybridized carbons (Fsp3) is 0.538. The lowest BCUT2D eigenvalue weighted by Crippen LogP contribution is -2.46. The van der Waals surface area contributed by atoms with Gasteiger partial charge in [0.15, 0.2) is 0 Å². The van der Waals surface area contributed by atoms with Crippen LogP contribution in [0, 0.1) is 0 Å². The highest BCUT2D eigenvalue weighted by Crippen LogP contribution is 2.22. The third-order valence-corrected chi connectivity index (χ3v) is 4.24. The fourth-order valence-corrected chi connectivity index (χ4v) is 3.11. The van der Waals surface area contributed by atoms with Crippen molar-refractivity contribution in [3.63, 3.8) is 0 Å². The number of carbonyl (C=O) groups is 2. The number of nitrogens with two attached hydrogens (primary N) is 1. The van der Waals surface area contributed by atoms with Crippen molar-refractivity contribution in [2.75, 3.05) is 13.1 Å². The summed E-state index contributed by atoms with van der Waals surface area (Å²) in [7, 11) is 0. The molecule has 1 fully saturated rings. The van der Waals surface area contributed by atoms with Crippen LogP contribution in [-0.4, -0.2) is 31.1 Å². The van der Waals surface area contributed by atoms with Gasteiger partial charge in [0.1, 0.15) is 0 Å². The highest BCUT2D eigenvalue weighted by Gasteiger charge is 2.21. The van der Waals surface area contributed by atoms with E-state index >= 15 is 0 Å². The first-order valence-corrected chi connectivity index (χ1v) is 7.62. The maximum atomic E-state index is 12.1. The molecule has 3 amide bonds. The third kappa shape index (κ3) is 5.91. The van der Waals surface area contributed by atoms with Crippen LogP contribution in [0.2, 0.25) is 0 Å². The minimum atomic E-state index is -0.615. The van der Waals surface area contributed by atoms with E-state index in [-0.39, 0.29) is 36.8 Å². The molecule has 8 heteroatoms. The molecule has 21 heavy (non-hydrogen) atoms. The molecule has 118 valence electrons. The predicted octanol–water partition coefficient (Wildman–Crippen LogP) is 1.14. The highest BCUT2D eigenvalue weighted by atomic mass is 35.5. The number of piperidine rings is 1. The van der Waals surface area contributed by atoms with Crippen molar-refractivity contribution < 1.29 is 9.59 Å². The number of hydrogen-bond donors (Lipinski definition) is 4. The van der Waals surface area contributed by atoms with Gasteiger partial charge in [-0.3, -0.25) is 4.79 Å². The molecule has 6 nitrogen and oxygen atoms in total. The molecule has 2 atom stereocenters. The van der Waals surface area contributed by atoms with Gasteiger partial charge in [0, 0.05) is 17.5 Å². The average molecular weight is 333 g/mol. The van der Waals surface area contributed by atoms with Crippen LogP contribution in [-0.2, 0) is 4.79 Å². The highest BCUT2D eigenvalue weighted by molar-refractivity contribution is 7.10. The largest absolute Gasteiger partial charge is 0.352 e. The van der Waals surface area contributed by atoms with E-state index in [1.165, 1.54) is 11.3 Å². The van der Waals surface area contributed by atoms with Gasteiger partial charge in [-0.25, -0.2) is 4.79 Å². The molecule has 1 saturated heterocycles. The zero-order valence-corrected chi connectivity index (χ0v) is 13.3. The summed E-state index contributed by atoms with van der Waals surface area (Å²) < 4.78 is 0. The Balaban J connectivity index is 0.00000220. The monoisotopic (exact) mass is 332 g/mol. The summed E-state index contributed by atoms with van der Waals surface area (Å²) in [5, 5.41) is 10.8. The van der Waals surface area contributed by atoms with E-state index in [0.29, 0.717) is 0 Å². The van der Waals surface area contributed by atoms with Crippen LogP contribution in [0.5, 0.6) is 0 Å². The summed E-state index contributed by atoms with van der Waals surface area (Å²) in [5.41, 5.74) is 5.17. The molecule has 0 saturated carbocycles. The fourth-order valence-electron chi connectivity index (χ4n) is 2.33. The van der Waals surface area contributed by atoms with Crippen molar-refractivity contribution in [1.82, 2.24) is 16.0 Å². The van der Waals surface area contributed by atoms with Crippen LogP contribution in [0.25, 0.3) is 0 Å². The van der Waals surface area contributed by atoms with Gasteiger partial charge in [-0.05, 0) is 30.8 Å². The van der Waals surface area contributed by atoms with E-state index in [1.807, 2.05) is 17.5 Å².